The van der Waals surface area contributed by atoms with E-state index < -0.39 is 24.5 Å². The number of aryl methyl sites for hydroxylation is 2. The average Bonchev–Trinajstić information content (AvgIpc) is 3.47. The molecular weight excluding hydrogens is 488 g/mol. The second-order valence-electron chi connectivity index (χ2n) is 9.69. The molecule has 2 aromatic carbocycles. The minimum atomic E-state index is -2.63. The van der Waals surface area contributed by atoms with Gasteiger partial charge < -0.3 is 9.30 Å². The van der Waals surface area contributed by atoms with E-state index in [1.54, 1.807) is 30.3 Å². The molecule has 0 spiro atoms. The number of carbonyl (C=O) groups is 1. The number of ether oxygens (including phenoxy) is 1. The standard InChI is InChI=1S/C29H27F2N5O2/c1-16-28(35(3)34-33-16)21-14-25-22(13-24(21)31)27-26(12-19(15-32-27)17(2)37)36(25)29(18-8-10-38-11-9-18)20-6-4-5-7-23(20)30/h4-7,12-15,18,29H,8-11H2,1-3H3/t29-/m0/s1/i1D3. The van der Waals surface area contributed by atoms with Gasteiger partial charge in [-0.15, -0.1) is 5.10 Å². The smallest absolute Gasteiger partial charge is 0.161 e. The molecule has 5 aromatic rings. The van der Waals surface area contributed by atoms with Gasteiger partial charge in [0.2, 0.25) is 0 Å². The Kier molecular flexibility index (Phi) is 5.20. The number of ketones is 1. The molecule has 1 aliphatic heterocycles. The quantitative estimate of drug-likeness (QED) is 0.275. The number of carbonyl (C=O) groups excluding carboxylic acids is 1. The third kappa shape index (κ3) is 3.89. The third-order valence-corrected chi connectivity index (χ3v) is 7.43. The summed E-state index contributed by atoms with van der Waals surface area (Å²) in [5.41, 5.74) is 2.00. The van der Waals surface area contributed by atoms with Gasteiger partial charge in [-0.1, -0.05) is 23.4 Å². The lowest BCUT2D eigenvalue weighted by atomic mass is 9.86. The Hall–Kier alpha value is -3.98. The molecule has 0 unspecified atom stereocenters. The second-order valence-corrected chi connectivity index (χ2v) is 9.69. The summed E-state index contributed by atoms with van der Waals surface area (Å²) in [4.78, 5) is 16.9. The van der Waals surface area contributed by atoms with E-state index >= 15 is 8.78 Å². The first-order valence-corrected chi connectivity index (χ1v) is 12.4. The van der Waals surface area contributed by atoms with Crippen LogP contribution in [0.3, 0.4) is 0 Å². The highest BCUT2D eigenvalue weighted by Gasteiger charge is 2.32. The minimum Gasteiger partial charge on any atom is -0.381 e. The van der Waals surface area contributed by atoms with Crippen LogP contribution < -0.4 is 0 Å². The molecule has 38 heavy (non-hydrogen) atoms. The summed E-state index contributed by atoms with van der Waals surface area (Å²) >= 11 is 0. The Labute approximate surface area is 222 Å². The molecule has 194 valence electrons. The number of hydrogen-bond donors (Lipinski definition) is 0. The lowest BCUT2D eigenvalue weighted by Gasteiger charge is -2.33. The second kappa shape index (κ2) is 9.40. The lowest BCUT2D eigenvalue weighted by Crippen LogP contribution is -2.27. The van der Waals surface area contributed by atoms with Crippen molar-refractivity contribution in [3.05, 3.63) is 77.1 Å². The number of Topliss-reactive ketones (excluding diaryl/α,β-unsaturated/α-hetero) is 1. The average molecular weight is 519 g/mol. The summed E-state index contributed by atoms with van der Waals surface area (Å²) in [5.74, 6) is -1.32. The Balaban J connectivity index is 1.73. The van der Waals surface area contributed by atoms with Gasteiger partial charge >= 0.3 is 0 Å². The highest BCUT2D eigenvalue weighted by molar-refractivity contribution is 6.09. The molecule has 4 heterocycles. The van der Waals surface area contributed by atoms with E-state index in [1.165, 1.54) is 37.0 Å². The number of hydrogen-bond acceptors (Lipinski definition) is 5. The normalized spacial score (nSPS) is 16.9. The van der Waals surface area contributed by atoms with E-state index in [-0.39, 0.29) is 28.7 Å². The molecule has 0 N–H and O–H groups in total. The van der Waals surface area contributed by atoms with Gasteiger partial charge in [-0.25, -0.2) is 13.5 Å². The monoisotopic (exact) mass is 518 g/mol. The van der Waals surface area contributed by atoms with Gasteiger partial charge in [-0.2, -0.15) is 0 Å². The van der Waals surface area contributed by atoms with Crippen LogP contribution in [-0.2, 0) is 11.8 Å². The Bertz CT molecular complexity index is 1810. The number of fused-ring (bicyclic) bond motifs is 3. The molecule has 0 amide bonds. The number of halogens is 2. The molecule has 1 saturated heterocycles. The summed E-state index contributed by atoms with van der Waals surface area (Å²) in [5, 5.41) is 8.13. The first kappa shape index (κ1) is 21.0. The highest BCUT2D eigenvalue weighted by Crippen LogP contribution is 2.42. The number of nitrogens with zero attached hydrogens (tertiary/aromatic N) is 5. The van der Waals surface area contributed by atoms with Crippen LogP contribution >= 0.6 is 0 Å². The summed E-state index contributed by atoms with van der Waals surface area (Å²) in [6.45, 7) is -0.182. The van der Waals surface area contributed by atoms with Gasteiger partial charge in [0.05, 0.1) is 34.0 Å². The molecule has 6 rings (SSSR count). The van der Waals surface area contributed by atoms with Gasteiger partial charge in [0.1, 0.15) is 11.6 Å². The van der Waals surface area contributed by atoms with E-state index in [9.17, 15) is 4.79 Å². The maximum absolute atomic E-state index is 15.9. The summed E-state index contributed by atoms with van der Waals surface area (Å²) in [7, 11) is 1.50. The molecule has 0 aliphatic carbocycles. The van der Waals surface area contributed by atoms with E-state index in [0.717, 1.165) is 0 Å². The summed E-state index contributed by atoms with van der Waals surface area (Å²) in [6.07, 6.45) is 2.76. The van der Waals surface area contributed by atoms with Crippen molar-refractivity contribution >= 4 is 27.7 Å². The largest absolute Gasteiger partial charge is 0.381 e. The number of pyridine rings is 1. The summed E-state index contributed by atoms with van der Waals surface area (Å²) < 4.78 is 64.0. The van der Waals surface area contributed by atoms with Crippen molar-refractivity contribution in [3.8, 4) is 11.3 Å². The van der Waals surface area contributed by atoms with Gasteiger partial charge in [-0.3, -0.25) is 9.78 Å². The van der Waals surface area contributed by atoms with Crippen LogP contribution in [0.5, 0.6) is 0 Å². The van der Waals surface area contributed by atoms with E-state index in [1.807, 2.05) is 4.57 Å². The fraction of sp³-hybridized carbons (Fsp3) is 0.310. The maximum atomic E-state index is 15.9. The third-order valence-electron chi connectivity index (χ3n) is 7.43. The zero-order valence-corrected chi connectivity index (χ0v) is 20.9. The van der Waals surface area contributed by atoms with Gasteiger partial charge in [0.15, 0.2) is 5.78 Å². The zero-order chi connectivity index (χ0) is 29.1. The van der Waals surface area contributed by atoms with Gasteiger partial charge in [-0.05, 0) is 56.8 Å². The van der Waals surface area contributed by atoms with Crippen molar-refractivity contribution in [3.63, 3.8) is 0 Å². The predicted molar refractivity (Wildman–Crippen MR) is 140 cm³/mol. The summed E-state index contributed by atoms with van der Waals surface area (Å²) in [6, 6.07) is 10.6. The van der Waals surface area contributed by atoms with Crippen molar-refractivity contribution in [2.45, 2.75) is 32.7 Å². The van der Waals surface area contributed by atoms with Crippen LogP contribution in [0, 0.1) is 24.4 Å². The minimum absolute atomic E-state index is 0.00812. The first-order valence-electron chi connectivity index (χ1n) is 13.9. The van der Waals surface area contributed by atoms with Crippen molar-refractivity contribution in [2.24, 2.45) is 13.0 Å². The molecule has 9 heteroatoms. The fourth-order valence-electron chi connectivity index (χ4n) is 5.61. The molecule has 1 aliphatic rings. The zero-order valence-electron chi connectivity index (χ0n) is 23.9. The Morgan fingerprint density at radius 1 is 1.13 bits per heavy atom. The molecule has 1 atom stereocenters. The van der Waals surface area contributed by atoms with Crippen molar-refractivity contribution in [2.75, 3.05) is 13.2 Å². The van der Waals surface area contributed by atoms with Crippen molar-refractivity contribution in [1.29, 1.82) is 0 Å². The van der Waals surface area contributed by atoms with Crippen molar-refractivity contribution < 1.29 is 22.4 Å². The van der Waals surface area contributed by atoms with E-state index in [4.69, 9.17) is 8.85 Å². The molecule has 3 aromatic heterocycles. The number of benzene rings is 2. The Morgan fingerprint density at radius 3 is 2.66 bits per heavy atom. The van der Waals surface area contributed by atoms with Crippen LogP contribution in [0.4, 0.5) is 8.78 Å². The van der Waals surface area contributed by atoms with Crippen LogP contribution in [0.15, 0.2) is 48.7 Å². The molecule has 1 fully saturated rings. The van der Waals surface area contributed by atoms with Crippen molar-refractivity contribution in [1.82, 2.24) is 24.5 Å². The highest BCUT2D eigenvalue weighted by atomic mass is 19.1. The number of aromatic nitrogens is 5. The molecule has 0 radical (unpaired) electrons. The molecule has 7 nitrogen and oxygen atoms in total. The lowest BCUT2D eigenvalue weighted by molar-refractivity contribution is 0.0548. The Morgan fingerprint density at radius 2 is 1.92 bits per heavy atom. The SMILES string of the molecule is [2H]C([2H])([2H])c1nnn(C)c1-c1cc2c(cc1F)c1ncc(C(C)=O)cc1n2[C@H](c1ccccc1F)C1CCOCC1. The molecule has 0 saturated carbocycles. The van der Waals surface area contributed by atoms with Crippen LogP contribution in [0.2, 0.25) is 0 Å². The van der Waals surface area contributed by atoms with Crippen LogP contribution in [0.1, 0.15) is 51.5 Å². The van der Waals surface area contributed by atoms with E-state index in [0.29, 0.717) is 59.1 Å². The van der Waals surface area contributed by atoms with Gasteiger partial charge in [0.25, 0.3) is 0 Å². The number of rotatable bonds is 5. The predicted octanol–water partition coefficient (Wildman–Crippen LogP) is 5.79. The first-order chi connectivity index (χ1) is 19.6. The van der Waals surface area contributed by atoms with E-state index in [2.05, 4.69) is 15.3 Å². The molecular formula is C29H27F2N5O2. The van der Waals surface area contributed by atoms with Crippen LogP contribution in [-0.4, -0.2) is 43.5 Å². The topological polar surface area (TPSA) is 74.8 Å². The van der Waals surface area contributed by atoms with Gasteiger partial charge in [0, 0.05) is 52.6 Å². The molecule has 0 bridgehead atoms. The fourth-order valence-corrected chi connectivity index (χ4v) is 5.61. The van der Waals surface area contributed by atoms with Crippen LogP contribution in [0.25, 0.3) is 33.2 Å². The maximum Gasteiger partial charge on any atom is 0.161 e.